The van der Waals surface area contributed by atoms with Crippen LogP contribution in [0.15, 0.2) is 28.8 Å². The first-order chi connectivity index (χ1) is 9.10. The molecule has 0 amide bonds. The maximum atomic E-state index is 5.98. The van der Waals surface area contributed by atoms with Crippen molar-refractivity contribution in [1.29, 1.82) is 0 Å². The summed E-state index contributed by atoms with van der Waals surface area (Å²) in [5.74, 6) is 1.34. The third kappa shape index (κ3) is 3.55. The van der Waals surface area contributed by atoms with Crippen LogP contribution in [0.3, 0.4) is 0 Å². The Hall–Kier alpha value is -1.39. The first-order valence-electron chi connectivity index (χ1n) is 6.42. The lowest BCUT2D eigenvalue weighted by Gasteiger charge is -2.13. The molecule has 2 aromatic rings. The van der Waals surface area contributed by atoms with Gasteiger partial charge in [-0.2, -0.15) is 4.98 Å². The van der Waals surface area contributed by atoms with Gasteiger partial charge in [0.1, 0.15) is 0 Å². The molecule has 2 N–H and O–H groups in total. The highest BCUT2D eigenvalue weighted by molar-refractivity contribution is 6.30. The van der Waals surface area contributed by atoms with Crippen molar-refractivity contribution in [3.05, 3.63) is 46.6 Å². The van der Waals surface area contributed by atoms with Gasteiger partial charge in [-0.25, -0.2) is 0 Å². The quantitative estimate of drug-likeness (QED) is 0.913. The van der Waals surface area contributed by atoms with Crippen LogP contribution >= 0.6 is 11.6 Å². The van der Waals surface area contributed by atoms with E-state index in [1.165, 1.54) is 0 Å². The molecule has 0 spiro atoms. The standard InChI is InChI=1S/C14H18ClN3O/c1-3-12(16)9(2)14-17-13(18-19-14)8-10-5-4-6-11(15)7-10/h4-7,9,12H,3,8,16H2,1-2H3. The highest BCUT2D eigenvalue weighted by Crippen LogP contribution is 2.19. The van der Waals surface area contributed by atoms with Crippen molar-refractivity contribution >= 4 is 11.6 Å². The molecular formula is C14H18ClN3O. The smallest absolute Gasteiger partial charge is 0.231 e. The van der Waals surface area contributed by atoms with Gasteiger partial charge >= 0.3 is 0 Å². The van der Waals surface area contributed by atoms with Gasteiger partial charge in [-0.15, -0.1) is 0 Å². The number of aromatic nitrogens is 2. The van der Waals surface area contributed by atoms with Crippen molar-refractivity contribution in [2.75, 3.05) is 0 Å². The number of nitrogens with two attached hydrogens (primary N) is 1. The second kappa shape index (κ2) is 6.17. The molecule has 19 heavy (non-hydrogen) atoms. The predicted octanol–water partition coefficient (Wildman–Crippen LogP) is 3.15. The van der Waals surface area contributed by atoms with Gasteiger partial charge < -0.3 is 10.3 Å². The first-order valence-corrected chi connectivity index (χ1v) is 6.80. The molecule has 102 valence electrons. The molecule has 4 nitrogen and oxygen atoms in total. The van der Waals surface area contributed by atoms with Gasteiger partial charge in [-0.05, 0) is 24.1 Å². The molecule has 2 atom stereocenters. The summed E-state index contributed by atoms with van der Waals surface area (Å²) in [6, 6.07) is 7.69. The summed E-state index contributed by atoms with van der Waals surface area (Å²) in [5.41, 5.74) is 7.05. The average molecular weight is 280 g/mol. The van der Waals surface area contributed by atoms with Gasteiger partial charge in [0.2, 0.25) is 5.89 Å². The zero-order valence-corrected chi connectivity index (χ0v) is 11.9. The lowest BCUT2D eigenvalue weighted by atomic mass is 10.0. The van der Waals surface area contributed by atoms with Crippen LogP contribution in [-0.4, -0.2) is 16.2 Å². The monoisotopic (exact) mass is 279 g/mol. The lowest BCUT2D eigenvalue weighted by molar-refractivity contribution is 0.337. The molecule has 0 saturated heterocycles. The molecule has 0 bridgehead atoms. The number of nitrogens with zero attached hydrogens (tertiary/aromatic N) is 2. The molecule has 0 fully saturated rings. The summed E-state index contributed by atoms with van der Waals surface area (Å²) >= 11 is 5.95. The van der Waals surface area contributed by atoms with Crippen molar-refractivity contribution in [2.45, 2.75) is 38.6 Å². The van der Waals surface area contributed by atoms with E-state index in [2.05, 4.69) is 10.1 Å². The molecule has 1 aromatic carbocycles. The maximum absolute atomic E-state index is 5.98. The highest BCUT2D eigenvalue weighted by atomic mass is 35.5. The molecule has 2 unspecified atom stereocenters. The van der Waals surface area contributed by atoms with Crippen LogP contribution in [0.2, 0.25) is 5.02 Å². The van der Waals surface area contributed by atoms with Crippen molar-refractivity contribution in [2.24, 2.45) is 5.73 Å². The van der Waals surface area contributed by atoms with E-state index in [0.717, 1.165) is 12.0 Å². The minimum absolute atomic E-state index is 0.0412. The van der Waals surface area contributed by atoms with Gasteiger partial charge in [0.25, 0.3) is 0 Å². The summed E-state index contributed by atoms with van der Waals surface area (Å²) in [6.07, 6.45) is 1.49. The van der Waals surface area contributed by atoms with E-state index in [-0.39, 0.29) is 12.0 Å². The second-order valence-corrected chi connectivity index (χ2v) is 5.15. The van der Waals surface area contributed by atoms with E-state index in [1.807, 2.05) is 38.1 Å². The highest BCUT2D eigenvalue weighted by Gasteiger charge is 2.19. The minimum atomic E-state index is 0.0412. The Kier molecular flexibility index (Phi) is 4.56. The van der Waals surface area contributed by atoms with E-state index in [4.69, 9.17) is 21.9 Å². The van der Waals surface area contributed by atoms with E-state index < -0.39 is 0 Å². The van der Waals surface area contributed by atoms with Gasteiger partial charge in [-0.1, -0.05) is 42.7 Å². The molecule has 2 rings (SSSR count). The molecule has 0 aliphatic rings. The van der Waals surface area contributed by atoms with Gasteiger partial charge in [0.15, 0.2) is 5.82 Å². The fourth-order valence-corrected chi connectivity index (χ4v) is 2.10. The summed E-state index contributed by atoms with van der Waals surface area (Å²) in [4.78, 5) is 4.40. The van der Waals surface area contributed by atoms with Gasteiger partial charge in [0.05, 0.1) is 5.92 Å². The molecule has 5 heteroatoms. The minimum Gasteiger partial charge on any atom is -0.339 e. The van der Waals surface area contributed by atoms with Crippen molar-refractivity contribution < 1.29 is 4.52 Å². The number of hydrogen-bond acceptors (Lipinski definition) is 4. The third-order valence-corrected chi connectivity index (χ3v) is 3.47. The largest absolute Gasteiger partial charge is 0.339 e. The molecule has 0 saturated carbocycles. The number of hydrogen-bond donors (Lipinski definition) is 1. The van der Waals surface area contributed by atoms with Crippen LogP contribution in [0.25, 0.3) is 0 Å². The Morgan fingerprint density at radius 3 is 2.89 bits per heavy atom. The predicted molar refractivity (Wildman–Crippen MR) is 75.2 cm³/mol. The molecule has 0 radical (unpaired) electrons. The summed E-state index contributed by atoms with van der Waals surface area (Å²) in [7, 11) is 0. The van der Waals surface area contributed by atoms with E-state index in [9.17, 15) is 0 Å². The Morgan fingerprint density at radius 1 is 1.42 bits per heavy atom. The SMILES string of the molecule is CCC(N)C(C)c1nc(Cc2cccc(Cl)c2)no1. The van der Waals surface area contributed by atoms with Crippen LogP contribution in [0, 0.1) is 0 Å². The first kappa shape index (κ1) is 14.0. The summed E-state index contributed by atoms with van der Waals surface area (Å²) in [6.45, 7) is 4.05. The zero-order valence-electron chi connectivity index (χ0n) is 11.1. The summed E-state index contributed by atoms with van der Waals surface area (Å²) in [5, 5.41) is 4.70. The van der Waals surface area contributed by atoms with Crippen LogP contribution < -0.4 is 5.73 Å². The number of benzene rings is 1. The third-order valence-electron chi connectivity index (χ3n) is 3.24. The molecule has 0 aliphatic carbocycles. The molecular weight excluding hydrogens is 262 g/mol. The van der Waals surface area contributed by atoms with Crippen LogP contribution in [0.5, 0.6) is 0 Å². The fourth-order valence-electron chi connectivity index (χ4n) is 1.89. The van der Waals surface area contributed by atoms with E-state index in [1.54, 1.807) is 0 Å². The second-order valence-electron chi connectivity index (χ2n) is 4.72. The zero-order chi connectivity index (χ0) is 13.8. The lowest BCUT2D eigenvalue weighted by Crippen LogP contribution is -2.25. The topological polar surface area (TPSA) is 64.9 Å². The molecule has 1 aromatic heterocycles. The normalized spacial score (nSPS) is 14.3. The van der Waals surface area contributed by atoms with Crippen molar-refractivity contribution in [1.82, 2.24) is 10.1 Å². The fraction of sp³-hybridized carbons (Fsp3) is 0.429. The van der Waals surface area contributed by atoms with Crippen LogP contribution in [0.4, 0.5) is 0 Å². The van der Waals surface area contributed by atoms with Crippen molar-refractivity contribution in [3.8, 4) is 0 Å². The average Bonchev–Trinajstić information content (AvgIpc) is 2.85. The Balaban J connectivity index is 2.09. The Labute approximate surface area is 118 Å². The van der Waals surface area contributed by atoms with E-state index >= 15 is 0 Å². The number of halogens is 1. The Bertz CT molecular complexity index is 541. The summed E-state index contributed by atoms with van der Waals surface area (Å²) < 4.78 is 5.28. The number of rotatable bonds is 5. The molecule has 1 heterocycles. The Morgan fingerprint density at radius 2 is 2.21 bits per heavy atom. The van der Waals surface area contributed by atoms with Crippen molar-refractivity contribution in [3.63, 3.8) is 0 Å². The molecule has 0 aliphatic heterocycles. The maximum Gasteiger partial charge on any atom is 0.231 e. The van der Waals surface area contributed by atoms with Crippen LogP contribution in [0.1, 0.15) is 43.5 Å². The van der Waals surface area contributed by atoms with E-state index in [0.29, 0.717) is 23.2 Å². The van der Waals surface area contributed by atoms with Gasteiger partial charge in [0, 0.05) is 17.5 Å². The van der Waals surface area contributed by atoms with Gasteiger partial charge in [-0.3, -0.25) is 0 Å². The van der Waals surface area contributed by atoms with Crippen LogP contribution in [-0.2, 0) is 6.42 Å².